The van der Waals surface area contributed by atoms with Gasteiger partial charge in [0.25, 0.3) is 11.5 Å². The number of nitrogens with one attached hydrogen (secondary N) is 2. The second kappa shape index (κ2) is 8.22. The zero-order chi connectivity index (χ0) is 22.4. The zero-order valence-electron chi connectivity index (χ0n) is 18.5. The summed E-state index contributed by atoms with van der Waals surface area (Å²) in [7, 11) is 0. The first-order valence-electron chi connectivity index (χ1n) is 11.8. The highest BCUT2D eigenvalue weighted by Crippen LogP contribution is 2.37. The number of hydrogen-bond donors (Lipinski definition) is 2. The molecule has 2 aliphatic carbocycles. The molecular weight excluding hydrogens is 418 g/mol. The van der Waals surface area contributed by atoms with E-state index in [9.17, 15) is 9.59 Å². The Morgan fingerprint density at radius 1 is 1.06 bits per heavy atom. The summed E-state index contributed by atoms with van der Waals surface area (Å²) in [5.74, 6) is 0.223. The zero-order valence-corrected chi connectivity index (χ0v) is 18.5. The van der Waals surface area contributed by atoms with Crippen LogP contribution in [0.5, 0.6) is 0 Å². The summed E-state index contributed by atoms with van der Waals surface area (Å²) in [6.45, 7) is 4.38. The van der Waals surface area contributed by atoms with Crippen LogP contribution in [0.15, 0.2) is 35.4 Å². The molecule has 2 N–H and O–H groups in total. The molecule has 3 fully saturated rings. The molecule has 4 heterocycles. The van der Waals surface area contributed by atoms with Crippen molar-refractivity contribution in [2.45, 2.75) is 44.2 Å². The number of carbonyl (C=O) groups excluding carboxylic acids is 1. The fraction of sp³-hybridized carbons (Fsp3) is 0.458. The van der Waals surface area contributed by atoms with E-state index in [2.05, 4.69) is 35.1 Å². The Labute approximate surface area is 191 Å². The number of fused-ring (bicyclic) bond motifs is 1. The van der Waals surface area contributed by atoms with Gasteiger partial charge in [-0.05, 0) is 49.4 Å². The Bertz CT molecular complexity index is 1240. The maximum Gasteiger partial charge on any atom is 0.270 e. The Kier molecular flexibility index (Phi) is 5.05. The second-order valence-corrected chi connectivity index (χ2v) is 9.35. The van der Waals surface area contributed by atoms with Crippen molar-refractivity contribution in [3.05, 3.63) is 57.9 Å². The summed E-state index contributed by atoms with van der Waals surface area (Å²) < 4.78 is 0. The summed E-state index contributed by atoms with van der Waals surface area (Å²) in [5, 5.41) is 2.97. The van der Waals surface area contributed by atoms with Crippen LogP contribution in [-0.4, -0.2) is 63.0 Å². The summed E-state index contributed by atoms with van der Waals surface area (Å²) >= 11 is 0. The number of amides is 1. The first-order chi connectivity index (χ1) is 16.1. The molecule has 1 amide bonds. The average molecular weight is 446 g/mol. The van der Waals surface area contributed by atoms with Crippen molar-refractivity contribution in [1.82, 2.24) is 30.2 Å². The molecule has 0 radical (unpaired) electrons. The molecule has 3 aromatic rings. The van der Waals surface area contributed by atoms with Crippen LogP contribution in [-0.2, 0) is 6.54 Å². The molecule has 2 saturated carbocycles. The number of hydrogen-bond acceptors (Lipinski definition) is 7. The van der Waals surface area contributed by atoms with E-state index >= 15 is 0 Å². The lowest BCUT2D eigenvalue weighted by atomic mass is 10.2. The number of piperazine rings is 1. The van der Waals surface area contributed by atoms with Gasteiger partial charge in [-0.2, -0.15) is 0 Å². The molecule has 1 aliphatic heterocycles. The normalized spacial score (nSPS) is 19.1. The monoisotopic (exact) mass is 445 g/mol. The predicted molar refractivity (Wildman–Crippen MR) is 124 cm³/mol. The molecule has 0 spiro atoms. The third-order valence-corrected chi connectivity index (χ3v) is 6.63. The molecule has 3 aliphatic rings. The molecule has 170 valence electrons. The Hall–Kier alpha value is -3.33. The SMILES string of the molecule is O=C(NC1CC1)c1ccc(N2CCN(Cc3cnc4nc(C5CC5)c(=O)[nH]c4c3)CC2)cn1. The van der Waals surface area contributed by atoms with Crippen molar-refractivity contribution in [3.63, 3.8) is 0 Å². The topological polar surface area (TPSA) is 107 Å². The quantitative estimate of drug-likeness (QED) is 0.596. The number of pyridine rings is 2. The maximum atomic E-state index is 12.3. The number of H-pyrrole nitrogens is 1. The molecule has 0 unspecified atom stereocenters. The predicted octanol–water partition coefficient (Wildman–Crippen LogP) is 1.80. The number of rotatable bonds is 6. The van der Waals surface area contributed by atoms with Gasteiger partial charge in [-0.1, -0.05) is 0 Å². The van der Waals surface area contributed by atoms with E-state index in [1.54, 1.807) is 6.20 Å². The van der Waals surface area contributed by atoms with Crippen LogP contribution in [0.3, 0.4) is 0 Å². The van der Waals surface area contributed by atoms with E-state index in [-0.39, 0.29) is 11.5 Å². The van der Waals surface area contributed by atoms with E-state index in [0.29, 0.717) is 34.5 Å². The lowest BCUT2D eigenvalue weighted by Crippen LogP contribution is -2.46. The summed E-state index contributed by atoms with van der Waals surface area (Å²) in [6.07, 6.45) is 7.89. The van der Waals surface area contributed by atoms with Crippen molar-refractivity contribution >= 4 is 22.8 Å². The van der Waals surface area contributed by atoms with Crippen LogP contribution in [0, 0.1) is 0 Å². The Morgan fingerprint density at radius 2 is 1.88 bits per heavy atom. The van der Waals surface area contributed by atoms with Gasteiger partial charge in [0, 0.05) is 50.9 Å². The minimum absolute atomic E-state index is 0.0813. The van der Waals surface area contributed by atoms with Gasteiger partial charge in [0.2, 0.25) is 0 Å². The highest BCUT2D eigenvalue weighted by molar-refractivity contribution is 5.92. The van der Waals surface area contributed by atoms with E-state index in [1.165, 1.54) is 0 Å². The second-order valence-electron chi connectivity index (χ2n) is 9.35. The molecule has 3 aromatic heterocycles. The summed E-state index contributed by atoms with van der Waals surface area (Å²) in [5.41, 5.74) is 4.46. The standard InChI is InChI=1S/C24H27N7O2/c32-23(27-17-3-4-17)19-6-5-18(13-25-19)31-9-7-30(8-10-31)14-15-11-20-22(26-12-15)29-21(16-1-2-16)24(33)28-20/h5-6,11-13,16-17H,1-4,7-10,14H2,(H,27,32)(H,28,33). The molecule has 6 rings (SSSR count). The number of anilines is 1. The van der Waals surface area contributed by atoms with Crippen LogP contribution < -0.4 is 15.8 Å². The number of carbonyl (C=O) groups is 1. The molecular formula is C24H27N7O2. The van der Waals surface area contributed by atoms with Gasteiger partial charge in [0.15, 0.2) is 5.65 Å². The smallest absolute Gasteiger partial charge is 0.270 e. The minimum Gasteiger partial charge on any atom is -0.368 e. The van der Waals surface area contributed by atoms with Crippen molar-refractivity contribution < 1.29 is 4.79 Å². The Balaban J connectivity index is 1.06. The van der Waals surface area contributed by atoms with Crippen molar-refractivity contribution in [2.24, 2.45) is 0 Å². The molecule has 1 saturated heterocycles. The molecule has 9 nitrogen and oxygen atoms in total. The van der Waals surface area contributed by atoms with Gasteiger partial charge >= 0.3 is 0 Å². The molecule has 0 aromatic carbocycles. The fourth-order valence-electron chi connectivity index (χ4n) is 4.37. The van der Waals surface area contributed by atoms with Gasteiger partial charge in [-0.25, -0.2) is 15.0 Å². The summed E-state index contributed by atoms with van der Waals surface area (Å²) in [6, 6.07) is 6.12. The first kappa shape index (κ1) is 20.3. The molecule has 0 bridgehead atoms. The van der Waals surface area contributed by atoms with Crippen molar-refractivity contribution in [1.29, 1.82) is 0 Å². The summed E-state index contributed by atoms with van der Waals surface area (Å²) in [4.78, 5) is 45.5. The molecule has 0 atom stereocenters. The first-order valence-corrected chi connectivity index (χ1v) is 11.8. The van der Waals surface area contributed by atoms with E-state index in [1.807, 2.05) is 24.4 Å². The van der Waals surface area contributed by atoms with Gasteiger partial charge < -0.3 is 15.2 Å². The van der Waals surface area contributed by atoms with E-state index in [0.717, 1.165) is 69.7 Å². The average Bonchev–Trinajstić information content (AvgIpc) is 3.75. The van der Waals surface area contributed by atoms with Crippen LogP contribution in [0.25, 0.3) is 11.2 Å². The lowest BCUT2D eigenvalue weighted by molar-refractivity contribution is 0.0946. The van der Waals surface area contributed by atoms with Crippen LogP contribution in [0.2, 0.25) is 0 Å². The van der Waals surface area contributed by atoms with Crippen LogP contribution in [0.1, 0.15) is 53.3 Å². The van der Waals surface area contributed by atoms with Gasteiger partial charge in [-0.15, -0.1) is 0 Å². The fourth-order valence-corrected chi connectivity index (χ4v) is 4.37. The van der Waals surface area contributed by atoms with E-state index < -0.39 is 0 Å². The molecule has 9 heteroatoms. The van der Waals surface area contributed by atoms with Gasteiger partial charge in [0.1, 0.15) is 11.4 Å². The highest BCUT2D eigenvalue weighted by Gasteiger charge is 2.28. The number of aromatic nitrogens is 4. The van der Waals surface area contributed by atoms with Gasteiger partial charge in [-0.3, -0.25) is 14.5 Å². The number of nitrogens with zero attached hydrogens (tertiary/aromatic N) is 5. The maximum absolute atomic E-state index is 12.3. The largest absolute Gasteiger partial charge is 0.368 e. The Morgan fingerprint density at radius 3 is 2.58 bits per heavy atom. The van der Waals surface area contributed by atoms with Crippen LogP contribution >= 0.6 is 0 Å². The minimum atomic E-state index is -0.0850. The van der Waals surface area contributed by atoms with Crippen molar-refractivity contribution in [2.75, 3.05) is 31.1 Å². The third kappa shape index (κ3) is 4.45. The third-order valence-electron chi connectivity index (χ3n) is 6.63. The highest BCUT2D eigenvalue weighted by atomic mass is 16.2. The van der Waals surface area contributed by atoms with Crippen LogP contribution in [0.4, 0.5) is 5.69 Å². The van der Waals surface area contributed by atoms with Gasteiger partial charge in [0.05, 0.1) is 17.4 Å². The number of aromatic amines is 1. The van der Waals surface area contributed by atoms with E-state index in [4.69, 9.17) is 0 Å². The molecule has 33 heavy (non-hydrogen) atoms. The lowest BCUT2D eigenvalue weighted by Gasteiger charge is -2.36. The van der Waals surface area contributed by atoms with Crippen molar-refractivity contribution in [3.8, 4) is 0 Å².